The summed E-state index contributed by atoms with van der Waals surface area (Å²) in [6.07, 6.45) is -1.20. The van der Waals surface area contributed by atoms with Gasteiger partial charge in [-0.25, -0.2) is 4.79 Å². The first-order valence-corrected chi connectivity index (χ1v) is 8.16. The molecule has 1 aromatic rings. The molecule has 0 aromatic heterocycles. The van der Waals surface area contributed by atoms with Crippen LogP contribution in [0.4, 0.5) is 17.1 Å². The number of rotatable bonds is 5. The van der Waals surface area contributed by atoms with E-state index in [4.69, 9.17) is 4.74 Å². The van der Waals surface area contributed by atoms with Gasteiger partial charge >= 0.3 is 5.97 Å². The zero-order chi connectivity index (χ0) is 20.6. The molecule has 2 heterocycles. The molecule has 13 heteroatoms. The highest BCUT2D eigenvalue weighted by atomic mass is 16.6. The molecular weight excluding hydrogens is 380 g/mol. The first-order chi connectivity index (χ1) is 13.2. The molecular formula is C15H14N4O9. The number of nitro benzene ring substituents is 2. The lowest BCUT2D eigenvalue weighted by atomic mass is 10.1. The van der Waals surface area contributed by atoms with Crippen LogP contribution < -0.4 is 4.90 Å². The van der Waals surface area contributed by atoms with Crippen molar-refractivity contribution in [3.8, 4) is 0 Å². The molecule has 1 N–H and O–H groups in total. The van der Waals surface area contributed by atoms with Gasteiger partial charge in [0.2, 0.25) is 0 Å². The summed E-state index contributed by atoms with van der Waals surface area (Å²) in [4.78, 5) is 57.5. The number of nitrogens with zero attached hydrogens (tertiary/aromatic N) is 4. The molecule has 1 aromatic carbocycles. The number of nitro groups is 2. The van der Waals surface area contributed by atoms with Gasteiger partial charge in [0.15, 0.2) is 6.10 Å². The number of carbonyl (C=O) groups is 3. The van der Waals surface area contributed by atoms with E-state index in [9.17, 15) is 39.8 Å². The molecule has 148 valence electrons. The van der Waals surface area contributed by atoms with Crippen LogP contribution in [0.15, 0.2) is 18.2 Å². The smallest absolute Gasteiger partial charge is 0.329 e. The maximum Gasteiger partial charge on any atom is 0.329 e. The Kier molecular flexibility index (Phi) is 4.92. The van der Waals surface area contributed by atoms with Crippen molar-refractivity contribution in [2.45, 2.75) is 31.4 Å². The average molecular weight is 394 g/mol. The third-order valence-corrected chi connectivity index (χ3v) is 4.54. The molecule has 13 nitrogen and oxygen atoms in total. The lowest BCUT2D eigenvalue weighted by Gasteiger charge is -2.25. The van der Waals surface area contributed by atoms with Crippen molar-refractivity contribution in [2.75, 3.05) is 11.4 Å². The Bertz CT molecular complexity index is 886. The van der Waals surface area contributed by atoms with E-state index in [-0.39, 0.29) is 23.7 Å². The Labute approximate surface area is 156 Å². The molecule has 2 aliphatic rings. The second kappa shape index (κ2) is 7.19. The number of carbonyl (C=O) groups excluding carboxylic acids is 3. The van der Waals surface area contributed by atoms with Gasteiger partial charge in [-0.15, -0.1) is 0 Å². The number of ether oxygens (including phenoxy) is 1. The van der Waals surface area contributed by atoms with Crippen LogP contribution in [-0.4, -0.2) is 56.6 Å². The van der Waals surface area contributed by atoms with E-state index in [1.54, 1.807) is 0 Å². The molecule has 2 saturated heterocycles. The van der Waals surface area contributed by atoms with Gasteiger partial charge in [-0.05, 0) is 18.9 Å². The summed E-state index contributed by atoms with van der Waals surface area (Å²) in [5, 5.41) is 31.3. The highest BCUT2D eigenvalue weighted by molar-refractivity contribution is 6.04. The largest absolute Gasteiger partial charge is 0.450 e. The third kappa shape index (κ3) is 3.34. The van der Waals surface area contributed by atoms with Crippen LogP contribution in [0.25, 0.3) is 0 Å². The van der Waals surface area contributed by atoms with Crippen molar-refractivity contribution in [3.05, 3.63) is 38.4 Å². The lowest BCUT2D eigenvalue weighted by Crippen LogP contribution is -2.40. The van der Waals surface area contributed by atoms with Crippen molar-refractivity contribution >= 4 is 34.8 Å². The van der Waals surface area contributed by atoms with Gasteiger partial charge in [0.05, 0.1) is 22.3 Å². The normalized spacial score (nSPS) is 21.9. The van der Waals surface area contributed by atoms with Gasteiger partial charge in [-0.1, -0.05) is 0 Å². The minimum absolute atomic E-state index is 0.00709. The van der Waals surface area contributed by atoms with Gasteiger partial charge in [0.25, 0.3) is 23.2 Å². The molecule has 2 aliphatic heterocycles. The summed E-state index contributed by atoms with van der Waals surface area (Å²) < 4.78 is 5.03. The van der Waals surface area contributed by atoms with E-state index < -0.39 is 57.6 Å². The van der Waals surface area contributed by atoms with E-state index >= 15 is 0 Å². The first kappa shape index (κ1) is 19.2. The predicted octanol–water partition coefficient (Wildman–Crippen LogP) is 0.532. The van der Waals surface area contributed by atoms with Crippen molar-refractivity contribution in [1.29, 1.82) is 0 Å². The second-order valence-corrected chi connectivity index (χ2v) is 6.21. The van der Waals surface area contributed by atoms with Gasteiger partial charge < -0.3 is 9.64 Å². The molecule has 0 aliphatic carbocycles. The van der Waals surface area contributed by atoms with Crippen molar-refractivity contribution in [3.63, 3.8) is 0 Å². The number of hydroxylamine groups is 2. The first-order valence-electron chi connectivity index (χ1n) is 8.16. The van der Waals surface area contributed by atoms with Crippen molar-refractivity contribution < 1.29 is 34.2 Å². The van der Waals surface area contributed by atoms with E-state index in [1.807, 2.05) is 0 Å². The Hall–Kier alpha value is -3.61. The van der Waals surface area contributed by atoms with Crippen molar-refractivity contribution in [2.24, 2.45) is 0 Å². The van der Waals surface area contributed by atoms with E-state index in [2.05, 4.69) is 0 Å². The molecule has 3 rings (SSSR count). The fraction of sp³-hybridized carbons (Fsp3) is 0.400. The molecule has 28 heavy (non-hydrogen) atoms. The Morgan fingerprint density at radius 1 is 1.21 bits per heavy atom. The number of hydrogen-bond donors (Lipinski definition) is 1. The van der Waals surface area contributed by atoms with Crippen LogP contribution in [0.2, 0.25) is 0 Å². The second-order valence-electron chi connectivity index (χ2n) is 6.21. The van der Waals surface area contributed by atoms with Crippen LogP contribution in [0.5, 0.6) is 0 Å². The Morgan fingerprint density at radius 3 is 2.50 bits per heavy atom. The number of non-ortho nitro benzene ring substituents is 1. The SMILES string of the molecule is O=C(OC1CC(=O)N(O)C1=O)[C@@H]1CCCN1c1ccc([N+](=O)[O-])cc1[N+](=O)[O-]. The molecule has 2 fully saturated rings. The zero-order valence-corrected chi connectivity index (χ0v) is 14.2. The third-order valence-electron chi connectivity index (χ3n) is 4.54. The summed E-state index contributed by atoms with van der Waals surface area (Å²) >= 11 is 0. The standard InChI is InChI=1S/C15H14N4O9/c20-13-7-12(14(21)17(13)23)28-15(22)10-2-1-5-16(10)9-4-3-8(18(24)25)6-11(9)19(26)27/h3-4,6,10,12,23H,1-2,5,7H2/t10-,12?/m0/s1. The van der Waals surface area contributed by atoms with Crippen LogP contribution in [0.3, 0.4) is 0 Å². The minimum atomic E-state index is -1.46. The van der Waals surface area contributed by atoms with E-state index in [0.29, 0.717) is 6.42 Å². The number of hydrogen-bond acceptors (Lipinski definition) is 10. The minimum Gasteiger partial charge on any atom is -0.450 e. The topological polar surface area (TPSA) is 173 Å². The summed E-state index contributed by atoms with van der Waals surface area (Å²) in [7, 11) is 0. The maximum absolute atomic E-state index is 12.5. The number of benzene rings is 1. The fourth-order valence-electron chi connectivity index (χ4n) is 3.22. The Morgan fingerprint density at radius 2 is 1.93 bits per heavy atom. The van der Waals surface area contributed by atoms with Gasteiger partial charge in [-0.2, -0.15) is 5.06 Å². The molecule has 2 amide bonds. The van der Waals surface area contributed by atoms with E-state index in [1.165, 1.54) is 11.0 Å². The molecule has 0 bridgehead atoms. The number of anilines is 1. The van der Waals surface area contributed by atoms with Crippen LogP contribution in [0, 0.1) is 20.2 Å². The highest BCUT2D eigenvalue weighted by Crippen LogP contribution is 2.36. The van der Waals surface area contributed by atoms with Gasteiger partial charge in [-0.3, -0.25) is 35.0 Å². The summed E-state index contributed by atoms with van der Waals surface area (Å²) in [5.74, 6) is -2.85. The lowest BCUT2D eigenvalue weighted by molar-refractivity contribution is -0.393. The molecule has 2 atom stereocenters. The van der Waals surface area contributed by atoms with Crippen LogP contribution in [-0.2, 0) is 19.1 Å². The quantitative estimate of drug-likeness (QED) is 0.244. The predicted molar refractivity (Wildman–Crippen MR) is 88.3 cm³/mol. The Balaban J connectivity index is 1.84. The number of esters is 1. The van der Waals surface area contributed by atoms with Crippen molar-refractivity contribution in [1.82, 2.24) is 5.06 Å². The number of amides is 2. The molecule has 0 saturated carbocycles. The summed E-state index contributed by atoms with van der Waals surface area (Å²) in [5.41, 5.74) is -0.998. The zero-order valence-electron chi connectivity index (χ0n) is 14.2. The summed E-state index contributed by atoms with van der Waals surface area (Å²) in [6.45, 7) is 0.252. The van der Waals surface area contributed by atoms with Crippen LogP contribution >= 0.6 is 0 Å². The highest BCUT2D eigenvalue weighted by Gasteiger charge is 2.43. The fourth-order valence-corrected chi connectivity index (χ4v) is 3.22. The van der Waals surface area contributed by atoms with Gasteiger partial charge in [0.1, 0.15) is 11.7 Å². The van der Waals surface area contributed by atoms with E-state index in [0.717, 1.165) is 12.1 Å². The van der Waals surface area contributed by atoms with Gasteiger partial charge in [0, 0.05) is 12.6 Å². The maximum atomic E-state index is 12.5. The average Bonchev–Trinajstić information content (AvgIpc) is 3.22. The molecule has 0 radical (unpaired) electrons. The molecule has 1 unspecified atom stereocenters. The monoisotopic (exact) mass is 394 g/mol. The number of imide groups is 1. The summed E-state index contributed by atoms with van der Waals surface area (Å²) in [6, 6.07) is 2.10. The van der Waals surface area contributed by atoms with Crippen LogP contribution in [0.1, 0.15) is 19.3 Å². The molecule has 0 spiro atoms.